The molecule has 0 aliphatic heterocycles. The smallest absolute Gasteiger partial charge is 0.270 e. The van der Waals surface area contributed by atoms with Gasteiger partial charge >= 0.3 is 6.05 Å². The summed E-state index contributed by atoms with van der Waals surface area (Å²) in [6, 6.07) is -3.66. The maximum Gasteiger partial charge on any atom is 0.330 e. The Kier molecular flexibility index (Phi) is 5.18. The fraction of sp³-hybridized carbons (Fsp3) is 1.00. The molecular weight excluding hydrogens is 154 g/mol. The van der Waals surface area contributed by atoms with Crippen molar-refractivity contribution in [3.63, 3.8) is 0 Å². The Bertz CT molecular complexity index is 72.7. The maximum absolute atomic E-state index is 11.8. The molecule has 0 amide bonds. The van der Waals surface area contributed by atoms with Crippen molar-refractivity contribution in [2.45, 2.75) is 25.6 Å². The first kappa shape index (κ1) is 11.8. The lowest BCUT2D eigenvalue weighted by Crippen LogP contribution is -2.38. The SMILES string of the molecule is CCC(F)C(N)(F)F.Cl. The van der Waals surface area contributed by atoms with Gasteiger partial charge < -0.3 is 0 Å². The Balaban J connectivity index is 0. The van der Waals surface area contributed by atoms with Crippen LogP contribution in [0.3, 0.4) is 0 Å². The van der Waals surface area contributed by atoms with Crippen LogP contribution in [0.2, 0.25) is 0 Å². The first-order valence-corrected chi connectivity index (χ1v) is 2.29. The minimum absolute atomic E-state index is 0. The normalized spacial score (nSPS) is 14.3. The topological polar surface area (TPSA) is 26.0 Å². The van der Waals surface area contributed by atoms with E-state index >= 15 is 0 Å². The predicted molar refractivity (Wildman–Crippen MR) is 31.6 cm³/mol. The van der Waals surface area contributed by atoms with Gasteiger partial charge in [0, 0.05) is 0 Å². The van der Waals surface area contributed by atoms with E-state index in [1.54, 1.807) is 0 Å². The Hall–Kier alpha value is 0.0400. The first-order valence-electron chi connectivity index (χ1n) is 2.29. The van der Waals surface area contributed by atoms with Crippen LogP contribution in [0.5, 0.6) is 0 Å². The molecule has 1 nitrogen and oxygen atoms in total. The van der Waals surface area contributed by atoms with Crippen LogP contribution in [-0.2, 0) is 0 Å². The highest BCUT2D eigenvalue weighted by Gasteiger charge is 2.33. The molecule has 0 saturated heterocycles. The van der Waals surface area contributed by atoms with Crippen LogP contribution in [-0.4, -0.2) is 12.2 Å². The van der Waals surface area contributed by atoms with Gasteiger partial charge in [-0.05, 0) is 6.42 Å². The number of nitrogens with two attached hydrogens (primary N) is 1. The molecule has 1 unspecified atom stereocenters. The summed E-state index contributed by atoms with van der Waals surface area (Å²) < 4.78 is 34.8. The summed E-state index contributed by atoms with van der Waals surface area (Å²) >= 11 is 0. The highest BCUT2D eigenvalue weighted by Crippen LogP contribution is 2.16. The zero-order valence-electron chi connectivity index (χ0n) is 4.90. The molecule has 2 N–H and O–H groups in total. The Morgan fingerprint density at radius 3 is 1.89 bits per heavy atom. The quantitative estimate of drug-likeness (QED) is 0.617. The van der Waals surface area contributed by atoms with Crippen molar-refractivity contribution < 1.29 is 13.2 Å². The van der Waals surface area contributed by atoms with Crippen molar-refractivity contribution in [1.82, 2.24) is 0 Å². The van der Waals surface area contributed by atoms with E-state index in [-0.39, 0.29) is 18.8 Å². The average molecular weight is 164 g/mol. The van der Waals surface area contributed by atoms with Gasteiger partial charge in [-0.2, -0.15) is 8.78 Å². The second-order valence-corrected chi connectivity index (χ2v) is 1.55. The maximum atomic E-state index is 11.8. The molecule has 0 bridgehead atoms. The monoisotopic (exact) mass is 163 g/mol. The van der Waals surface area contributed by atoms with E-state index in [4.69, 9.17) is 0 Å². The third-order valence-corrected chi connectivity index (χ3v) is 0.776. The standard InChI is InChI=1S/C4H8F3N.ClH/c1-2-3(5)4(6,7)8;/h3H,2,8H2,1H3;1H. The molecule has 0 aromatic rings. The van der Waals surface area contributed by atoms with Gasteiger partial charge in [-0.15, -0.1) is 12.4 Å². The number of halogens is 4. The number of alkyl halides is 3. The second kappa shape index (κ2) is 3.95. The number of hydrogen-bond acceptors (Lipinski definition) is 1. The molecule has 0 aromatic heterocycles. The van der Waals surface area contributed by atoms with Crippen LogP contribution < -0.4 is 5.73 Å². The van der Waals surface area contributed by atoms with E-state index in [2.05, 4.69) is 5.73 Å². The van der Waals surface area contributed by atoms with E-state index in [0.29, 0.717) is 0 Å². The third kappa shape index (κ3) is 4.54. The molecule has 0 aliphatic rings. The Labute approximate surface area is 57.8 Å². The van der Waals surface area contributed by atoms with E-state index in [9.17, 15) is 13.2 Å². The average Bonchev–Trinajstić information content (AvgIpc) is 1.62. The van der Waals surface area contributed by atoms with Gasteiger partial charge in [0.25, 0.3) is 0 Å². The zero-order valence-corrected chi connectivity index (χ0v) is 5.72. The lowest BCUT2D eigenvalue weighted by Gasteiger charge is -2.12. The lowest BCUT2D eigenvalue weighted by molar-refractivity contribution is -0.0673. The predicted octanol–water partition coefficient (Wildman–Crippen LogP) is 1.71. The molecule has 0 aromatic carbocycles. The van der Waals surface area contributed by atoms with Gasteiger partial charge in [-0.1, -0.05) is 6.92 Å². The molecular formula is C4H9ClF3N. The lowest BCUT2D eigenvalue weighted by atomic mass is 10.3. The van der Waals surface area contributed by atoms with Gasteiger partial charge in [-0.3, -0.25) is 5.73 Å². The van der Waals surface area contributed by atoms with Crippen molar-refractivity contribution in [3.05, 3.63) is 0 Å². The van der Waals surface area contributed by atoms with Crippen LogP contribution in [0.4, 0.5) is 13.2 Å². The molecule has 5 heteroatoms. The van der Waals surface area contributed by atoms with E-state index < -0.39 is 12.2 Å². The Morgan fingerprint density at radius 1 is 1.56 bits per heavy atom. The van der Waals surface area contributed by atoms with Gasteiger partial charge in [-0.25, -0.2) is 4.39 Å². The molecule has 0 saturated carbocycles. The molecule has 58 valence electrons. The van der Waals surface area contributed by atoms with Gasteiger partial charge in [0.2, 0.25) is 0 Å². The molecule has 0 spiro atoms. The Morgan fingerprint density at radius 2 is 1.89 bits per heavy atom. The molecule has 0 aliphatic carbocycles. The third-order valence-electron chi connectivity index (χ3n) is 0.776. The van der Waals surface area contributed by atoms with Crippen molar-refractivity contribution >= 4 is 12.4 Å². The summed E-state index contributed by atoms with van der Waals surface area (Å²) in [5.74, 6) is 0. The minimum Gasteiger partial charge on any atom is -0.270 e. The van der Waals surface area contributed by atoms with Gasteiger partial charge in [0.1, 0.15) is 0 Å². The first-order chi connectivity index (χ1) is 3.48. The molecule has 0 radical (unpaired) electrons. The summed E-state index contributed by atoms with van der Waals surface area (Å²) in [6.45, 7) is 1.31. The highest BCUT2D eigenvalue weighted by atomic mass is 35.5. The summed E-state index contributed by atoms with van der Waals surface area (Å²) in [5, 5.41) is 0. The zero-order chi connectivity index (χ0) is 6.78. The summed E-state index contributed by atoms with van der Waals surface area (Å²) in [5.41, 5.74) is 4.08. The van der Waals surface area contributed by atoms with E-state index in [1.165, 1.54) is 6.92 Å². The van der Waals surface area contributed by atoms with Crippen LogP contribution in [0.25, 0.3) is 0 Å². The second-order valence-electron chi connectivity index (χ2n) is 1.55. The fourth-order valence-electron chi connectivity index (χ4n) is 0.272. The van der Waals surface area contributed by atoms with Crippen LogP contribution in [0, 0.1) is 0 Å². The highest BCUT2D eigenvalue weighted by molar-refractivity contribution is 5.85. The van der Waals surface area contributed by atoms with Crippen molar-refractivity contribution in [1.29, 1.82) is 0 Å². The van der Waals surface area contributed by atoms with Crippen molar-refractivity contribution in [2.24, 2.45) is 5.73 Å². The minimum atomic E-state index is -3.66. The fourth-order valence-corrected chi connectivity index (χ4v) is 0.272. The largest absolute Gasteiger partial charge is 0.330 e. The van der Waals surface area contributed by atoms with E-state index in [1.807, 2.05) is 0 Å². The molecule has 9 heavy (non-hydrogen) atoms. The van der Waals surface area contributed by atoms with Crippen LogP contribution in [0.15, 0.2) is 0 Å². The summed E-state index contributed by atoms with van der Waals surface area (Å²) in [6.07, 6.45) is -2.45. The molecule has 0 fully saturated rings. The summed E-state index contributed by atoms with van der Waals surface area (Å²) in [4.78, 5) is 0. The molecule has 0 heterocycles. The van der Waals surface area contributed by atoms with Gasteiger partial charge in [0.05, 0.1) is 0 Å². The summed E-state index contributed by atoms with van der Waals surface area (Å²) in [7, 11) is 0. The van der Waals surface area contributed by atoms with Gasteiger partial charge in [0.15, 0.2) is 6.17 Å². The molecule has 1 atom stereocenters. The van der Waals surface area contributed by atoms with E-state index in [0.717, 1.165) is 0 Å². The number of hydrogen-bond donors (Lipinski definition) is 1. The number of rotatable bonds is 2. The van der Waals surface area contributed by atoms with Crippen molar-refractivity contribution in [3.8, 4) is 0 Å². The molecule has 0 rings (SSSR count). The van der Waals surface area contributed by atoms with Crippen LogP contribution >= 0.6 is 12.4 Å². The van der Waals surface area contributed by atoms with Crippen molar-refractivity contribution in [2.75, 3.05) is 0 Å². The van der Waals surface area contributed by atoms with Crippen LogP contribution in [0.1, 0.15) is 13.3 Å².